The molecule has 0 aromatic heterocycles. The van der Waals surface area contributed by atoms with Crippen molar-refractivity contribution in [3.05, 3.63) is 12.2 Å². The molecule has 0 saturated carbocycles. The van der Waals surface area contributed by atoms with E-state index in [2.05, 4.69) is 22.5 Å². The van der Waals surface area contributed by atoms with E-state index in [-0.39, 0.29) is 18.2 Å². The molecule has 0 aliphatic carbocycles. The minimum absolute atomic E-state index is 0.110. The van der Waals surface area contributed by atoms with E-state index >= 15 is 0 Å². The van der Waals surface area contributed by atoms with Gasteiger partial charge in [-0.1, -0.05) is 22.5 Å². The molecule has 11 heavy (non-hydrogen) atoms. The van der Waals surface area contributed by atoms with Crippen LogP contribution in [0.3, 0.4) is 0 Å². The zero-order valence-corrected chi connectivity index (χ0v) is 8.04. The van der Waals surface area contributed by atoms with E-state index in [9.17, 15) is 0 Å². The van der Waals surface area contributed by atoms with Gasteiger partial charge in [0.15, 0.2) is 0 Å². The van der Waals surface area contributed by atoms with Gasteiger partial charge >= 0.3 is 0 Å². The van der Waals surface area contributed by atoms with Gasteiger partial charge in [0.2, 0.25) is 0 Å². The third-order valence-corrected chi connectivity index (χ3v) is 2.08. The van der Waals surface area contributed by atoms with E-state index in [0.29, 0.717) is 0 Å². The zero-order chi connectivity index (χ0) is 8.85. The highest BCUT2D eigenvalue weighted by Crippen LogP contribution is 2.10. The predicted octanol–water partition coefficient (Wildman–Crippen LogP) is 0.653. The van der Waals surface area contributed by atoms with Crippen molar-refractivity contribution in [2.75, 3.05) is 13.2 Å². The summed E-state index contributed by atoms with van der Waals surface area (Å²) in [5, 5.41) is 17.0. The third-order valence-electron chi connectivity index (χ3n) is 1.03. The quantitative estimate of drug-likeness (QED) is 0.533. The largest absolute Gasteiger partial charge is 0.394 e. The van der Waals surface area contributed by atoms with Crippen LogP contribution in [0.2, 0.25) is 0 Å². The standard InChI is InChI=1S/C7H13BrO3/c1-5(2)7(8)11-4-6(10)3-9/h6-7,9-10H,1,3-4H2,2H3. The van der Waals surface area contributed by atoms with Crippen LogP contribution >= 0.6 is 15.9 Å². The molecule has 0 aromatic rings. The smallest absolute Gasteiger partial charge is 0.133 e. The average Bonchev–Trinajstić information content (AvgIpc) is 1.99. The SMILES string of the molecule is C=C(C)C(Br)OCC(O)CO. The van der Waals surface area contributed by atoms with Gasteiger partial charge in [0.25, 0.3) is 0 Å². The van der Waals surface area contributed by atoms with Gasteiger partial charge in [0.05, 0.1) is 13.2 Å². The molecule has 3 nitrogen and oxygen atoms in total. The molecule has 0 radical (unpaired) electrons. The van der Waals surface area contributed by atoms with E-state index in [4.69, 9.17) is 14.9 Å². The summed E-state index contributed by atoms with van der Waals surface area (Å²) in [5.74, 6) is 0. The minimum Gasteiger partial charge on any atom is -0.394 e. The third kappa shape index (κ3) is 5.38. The summed E-state index contributed by atoms with van der Waals surface area (Å²) in [6, 6.07) is 0. The Balaban J connectivity index is 3.45. The van der Waals surface area contributed by atoms with Crippen LogP contribution in [0.25, 0.3) is 0 Å². The fraction of sp³-hybridized carbons (Fsp3) is 0.714. The van der Waals surface area contributed by atoms with Crippen LogP contribution in [0.15, 0.2) is 12.2 Å². The molecule has 2 unspecified atom stereocenters. The first kappa shape index (κ1) is 11.1. The second-order valence-electron chi connectivity index (χ2n) is 2.33. The number of alkyl halides is 1. The summed E-state index contributed by atoms with van der Waals surface area (Å²) in [6.45, 7) is 5.28. The molecule has 0 aliphatic rings. The van der Waals surface area contributed by atoms with E-state index in [1.54, 1.807) is 0 Å². The lowest BCUT2D eigenvalue weighted by molar-refractivity contribution is 0.00682. The topological polar surface area (TPSA) is 49.7 Å². The maximum absolute atomic E-state index is 8.86. The number of rotatable bonds is 5. The fourth-order valence-electron chi connectivity index (χ4n) is 0.391. The average molecular weight is 225 g/mol. The summed E-state index contributed by atoms with van der Waals surface area (Å²) < 4.78 is 5.06. The lowest BCUT2D eigenvalue weighted by atomic mass is 10.4. The number of halogens is 1. The Labute approximate surface area is 74.8 Å². The van der Waals surface area contributed by atoms with Gasteiger partial charge in [-0.2, -0.15) is 0 Å². The molecule has 0 spiro atoms. The summed E-state index contributed by atoms with van der Waals surface area (Å²) in [7, 11) is 0. The molecule has 0 fully saturated rings. The van der Waals surface area contributed by atoms with Crippen molar-refractivity contribution in [1.29, 1.82) is 0 Å². The Morgan fingerprint density at radius 2 is 2.27 bits per heavy atom. The number of aliphatic hydroxyl groups is 2. The summed E-state index contributed by atoms with van der Waals surface area (Å²) in [5.41, 5.74) is 0.829. The minimum atomic E-state index is -0.811. The maximum atomic E-state index is 8.86. The van der Waals surface area contributed by atoms with Crippen LogP contribution in [-0.4, -0.2) is 34.5 Å². The molecule has 0 bridgehead atoms. The molecular weight excluding hydrogens is 212 g/mol. The summed E-state index contributed by atoms with van der Waals surface area (Å²) >= 11 is 3.19. The Kier molecular flexibility index (Phi) is 5.76. The molecule has 0 amide bonds. The Morgan fingerprint density at radius 1 is 1.73 bits per heavy atom. The summed E-state index contributed by atoms with van der Waals surface area (Å²) in [6.07, 6.45) is -0.811. The monoisotopic (exact) mass is 224 g/mol. The van der Waals surface area contributed by atoms with Gasteiger partial charge in [-0.25, -0.2) is 0 Å². The van der Waals surface area contributed by atoms with Crippen molar-refractivity contribution in [2.24, 2.45) is 0 Å². The highest BCUT2D eigenvalue weighted by atomic mass is 79.9. The Hall–Kier alpha value is 0.1000. The van der Waals surface area contributed by atoms with Crippen molar-refractivity contribution in [3.8, 4) is 0 Å². The van der Waals surface area contributed by atoms with Gasteiger partial charge in [-0.05, 0) is 12.5 Å². The molecule has 4 heteroatoms. The van der Waals surface area contributed by atoms with E-state index in [1.165, 1.54) is 0 Å². The van der Waals surface area contributed by atoms with E-state index in [0.717, 1.165) is 5.57 Å². The fourth-order valence-corrected chi connectivity index (χ4v) is 0.543. The molecule has 0 aliphatic heterocycles. The molecule has 66 valence electrons. The first-order valence-electron chi connectivity index (χ1n) is 3.28. The predicted molar refractivity (Wildman–Crippen MR) is 46.6 cm³/mol. The molecule has 2 N–H and O–H groups in total. The second kappa shape index (κ2) is 5.71. The van der Waals surface area contributed by atoms with Gasteiger partial charge < -0.3 is 14.9 Å². The Morgan fingerprint density at radius 3 is 2.64 bits per heavy atom. The first-order chi connectivity index (χ1) is 5.07. The normalized spacial score (nSPS) is 16.0. The van der Waals surface area contributed by atoms with Crippen LogP contribution in [0.4, 0.5) is 0 Å². The van der Waals surface area contributed by atoms with Crippen LogP contribution in [0, 0.1) is 0 Å². The lowest BCUT2D eigenvalue weighted by Gasteiger charge is -2.13. The van der Waals surface area contributed by atoms with Gasteiger partial charge in [-0.3, -0.25) is 0 Å². The highest BCUT2D eigenvalue weighted by molar-refractivity contribution is 9.09. The van der Waals surface area contributed by atoms with E-state index < -0.39 is 6.10 Å². The van der Waals surface area contributed by atoms with Crippen LogP contribution in [0.5, 0.6) is 0 Å². The lowest BCUT2D eigenvalue weighted by Crippen LogP contribution is -2.22. The second-order valence-corrected chi connectivity index (χ2v) is 3.16. The molecule has 2 atom stereocenters. The number of ether oxygens (including phenoxy) is 1. The maximum Gasteiger partial charge on any atom is 0.133 e. The van der Waals surface area contributed by atoms with Crippen molar-refractivity contribution in [3.63, 3.8) is 0 Å². The van der Waals surface area contributed by atoms with Crippen molar-refractivity contribution in [2.45, 2.75) is 18.0 Å². The molecule has 0 heterocycles. The zero-order valence-electron chi connectivity index (χ0n) is 6.46. The van der Waals surface area contributed by atoms with Crippen molar-refractivity contribution >= 4 is 15.9 Å². The van der Waals surface area contributed by atoms with Gasteiger partial charge in [0.1, 0.15) is 11.1 Å². The molecule has 0 aromatic carbocycles. The Bertz CT molecular complexity index is 127. The highest BCUT2D eigenvalue weighted by Gasteiger charge is 2.07. The first-order valence-corrected chi connectivity index (χ1v) is 4.19. The molecule has 0 rings (SSSR count). The molecular formula is C7H13BrO3. The van der Waals surface area contributed by atoms with Gasteiger partial charge in [-0.15, -0.1) is 0 Å². The number of hydrogen-bond donors (Lipinski definition) is 2. The van der Waals surface area contributed by atoms with Crippen molar-refractivity contribution < 1.29 is 14.9 Å². The summed E-state index contributed by atoms with van der Waals surface area (Å²) in [4.78, 5) is 0. The van der Waals surface area contributed by atoms with Crippen LogP contribution < -0.4 is 0 Å². The number of hydrogen-bond acceptors (Lipinski definition) is 3. The van der Waals surface area contributed by atoms with Gasteiger partial charge in [0, 0.05) is 0 Å². The van der Waals surface area contributed by atoms with Crippen LogP contribution in [0.1, 0.15) is 6.92 Å². The van der Waals surface area contributed by atoms with Crippen molar-refractivity contribution in [1.82, 2.24) is 0 Å². The number of aliphatic hydroxyl groups excluding tert-OH is 2. The molecule has 0 saturated heterocycles. The van der Waals surface area contributed by atoms with E-state index in [1.807, 2.05) is 6.92 Å². The van der Waals surface area contributed by atoms with Crippen LogP contribution in [-0.2, 0) is 4.74 Å².